The number of carbonyl (C=O) groups is 2. The fourth-order valence-electron chi connectivity index (χ4n) is 3.35. The zero-order valence-electron chi connectivity index (χ0n) is 16.6. The van der Waals surface area contributed by atoms with Crippen LogP contribution in [0.4, 0.5) is 23.2 Å². The summed E-state index contributed by atoms with van der Waals surface area (Å²) >= 11 is 3.33. The fourth-order valence-corrected chi connectivity index (χ4v) is 3.59. The summed E-state index contributed by atoms with van der Waals surface area (Å²) in [5.74, 6) is -1.69. The van der Waals surface area contributed by atoms with Gasteiger partial charge in [0.2, 0.25) is 5.91 Å². The molecule has 1 aromatic carbocycles. The van der Waals surface area contributed by atoms with Crippen molar-refractivity contribution in [1.82, 2.24) is 4.98 Å². The summed E-state index contributed by atoms with van der Waals surface area (Å²) in [6.07, 6.45) is 0.0428. The Balaban J connectivity index is 0.000000785. The molecule has 0 saturated heterocycles. The van der Waals surface area contributed by atoms with Crippen LogP contribution in [0.3, 0.4) is 0 Å². The number of benzene rings is 1. The molecule has 2 aromatic rings. The Morgan fingerprint density at radius 1 is 1.26 bits per heavy atom. The van der Waals surface area contributed by atoms with Gasteiger partial charge in [-0.1, -0.05) is 6.42 Å². The highest BCUT2D eigenvalue weighted by atomic mass is 79.9. The predicted octanol–water partition coefficient (Wildman–Crippen LogP) is 5.70. The van der Waals surface area contributed by atoms with Crippen LogP contribution in [0.25, 0.3) is 0 Å². The minimum absolute atomic E-state index is 0.125. The Bertz CT molecular complexity index is 891. The number of halogens is 5. The Labute approximate surface area is 185 Å². The maximum Gasteiger partial charge on any atom is 0.416 e. The van der Waals surface area contributed by atoms with Gasteiger partial charge in [-0.05, 0) is 65.5 Å². The number of anilines is 1. The van der Waals surface area contributed by atoms with Gasteiger partial charge in [-0.15, -0.1) is 0 Å². The van der Waals surface area contributed by atoms with E-state index in [1.807, 2.05) is 12.1 Å². The number of hydrogen-bond donors (Lipinski definition) is 1. The molecule has 0 spiro atoms. The third-order valence-electron chi connectivity index (χ3n) is 4.86. The van der Waals surface area contributed by atoms with Crippen LogP contribution in [0, 0.1) is 11.7 Å². The van der Waals surface area contributed by atoms with Crippen LogP contribution in [-0.4, -0.2) is 24.5 Å². The average Bonchev–Trinajstić information content (AvgIpc) is 2.75. The van der Waals surface area contributed by atoms with E-state index < -0.39 is 17.6 Å². The smallest absolute Gasteiger partial charge is 0.416 e. The second-order valence-corrected chi connectivity index (χ2v) is 7.89. The van der Waals surface area contributed by atoms with Crippen molar-refractivity contribution in [3.8, 4) is 0 Å². The van der Waals surface area contributed by atoms with Crippen LogP contribution >= 0.6 is 15.9 Å². The van der Waals surface area contributed by atoms with E-state index in [2.05, 4.69) is 31.0 Å². The van der Waals surface area contributed by atoms with Crippen LogP contribution < -0.4 is 5.32 Å². The maximum atomic E-state index is 14.0. The second-order valence-electron chi connectivity index (χ2n) is 6.98. The van der Waals surface area contributed by atoms with Crippen molar-refractivity contribution in [2.45, 2.75) is 37.8 Å². The van der Waals surface area contributed by atoms with E-state index in [0.29, 0.717) is 25.4 Å². The van der Waals surface area contributed by atoms with Crippen molar-refractivity contribution in [2.24, 2.45) is 5.92 Å². The zero-order valence-corrected chi connectivity index (χ0v) is 18.2. The standard InChI is InChI=1S/C19H17BrF4N2O.C2H4O2/c20-14-5-7-16(25-10-14)11-2-1-3-12(8-11)18(27)26-17-6-4-13(9-15(17)21)19(22,23)24;1-4-2-3/h4-7,9-12H,1-3,8H2,(H,26,27);2H,1H3. The van der Waals surface area contributed by atoms with Gasteiger partial charge in [-0.25, -0.2) is 4.39 Å². The summed E-state index contributed by atoms with van der Waals surface area (Å²) in [4.78, 5) is 25.8. The molecule has 5 nitrogen and oxygen atoms in total. The quantitative estimate of drug-likeness (QED) is 0.428. The Hall–Kier alpha value is -2.49. The van der Waals surface area contributed by atoms with Gasteiger partial charge in [0.05, 0.1) is 18.4 Å². The number of nitrogens with one attached hydrogen (secondary N) is 1. The average molecular weight is 505 g/mol. The van der Waals surface area contributed by atoms with E-state index in [4.69, 9.17) is 4.79 Å². The molecule has 1 N–H and O–H groups in total. The van der Waals surface area contributed by atoms with E-state index in [9.17, 15) is 22.4 Å². The van der Waals surface area contributed by atoms with Gasteiger partial charge < -0.3 is 10.1 Å². The Morgan fingerprint density at radius 3 is 2.52 bits per heavy atom. The molecule has 0 aliphatic heterocycles. The first-order valence-corrected chi connectivity index (χ1v) is 10.2. The first kappa shape index (κ1) is 24.8. The number of ether oxygens (including phenoxy) is 1. The third kappa shape index (κ3) is 7.30. The maximum absolute atomic E-state index is 14.0. The summed E-state index contributed by atoms with van der Waals surface area (Å²) in [5.41, 5.74) is -0.426. The highest BCUT2D eigenvalue weighted by Gasteiger charge is 2.32. The molecule has 2 unspecified atom stereocenters. The summed E-state index contributed by atoms with van der Waals surface area (Å²) in [6.45, 7) is 0.375. The molecule has 31 heavy (non-hydrogen) atoms. The van der Waals surface area contributed by atoms with E-state index in [1.54, 1.807) is 6.20 Å². The predicted molar refractivity (Wildman–Crippen MR) is 110 cm³/mol. The second kappa shape index (κ2) is 11.2. The number of amides is 1. The van der Waals surface area contributed by atoms with Crippen molar-refractivity contribution in [3.63, 3.8) is 0 Å². The summed E-state index contributed by atoms with van der Waals surface area (Å²) in [7, 11) is 1.31. The number of nitrogens with zero attached hydrogens (tertiary/aromatic N) is 1. The van der Waals surface area contributed by atoms with Gasteiger partial charge >= 0.3 is 6.18 Å². The molecule has 1 amide bonds. The van der Waals surface area contributed by atoms with Gasteiger partial charge in [0, 0.05) is 28.2 Å². The Morgan fingerprint density at radius 2 is 1.97 bits per heavy atom. The molecule has 2 atom stereocenters. The minimum atomic E-state index is -4.63. The molecule has 168 valence electrons. The van der Waals surface area contributed by atoms with Gasteiger partial charge in [-0.2, -0.15) is 13.2 Å². The molecule has 0 radical (unpaired) electrons. The number of aromatic nitrogens is 1. The number of carbonyl (C=O) groups excluding carboxylic acids is 2. The lowest BCUT2D eigenvalue weighted by Gasteiger charge is -2.28. The van der Waals surface area contributed by atoms with Crippen LogP contribution in [0.5, 0.6) is 0 Å². The molecule has 10 heteroatoms. The van der Waals surface area contributed by atoms with Crippen LogP contribution in [-0.2, 0) is 20.5 Å². The molecular formula is C21H21BrF4N2O3. The third-order valence-corrected chi connectivity index (χ3v) is 5.33. The highest BCUT2D eigenvalue weighted by Crippen LogP contribution is 2.37. The molecule has 1 aliphatic rings. The molecular weight excluding hydrogens is 484 g/mol. The highest BCUT2D eigenvalue weighted by molar-refractivity contribution is 9.10. The van der Waals surface area contributed by atoms with Crippen molar-refractivity contribution in [3.05, 3.63) is 58.1 Å². The summed E-state index contributed by atoms with van der Waals surface area (Å²) < 4.78 is 56.5. The van der Waals surface area contributed by atoms with Crippen molar-refractivity contribution < 1.29 is 31.9 Å². The normalized spacial score (nSPS) is 18.4. The lowest BCUT2D eigenvalue weighted by atomic mass is 9.79. The topological polar surface area (TPSA) is 68.3 Å². The van der Waals surface area contributed by atoms with E-state index in [0.717, 1.165) is 35.1 Å². The lowest BCUT2D eigenvalue weighted by Crippen LogP contribution is -2.28. The number of methoxy groups -OCH3 is 1. The van der Waals surface area contributed by atoms with Gasteiger partial charge in [0.15, 0.2) is 0 Å². The van der Waals surface area contributed by atoms with Crippen molar-refractivity contribution in [2.75, 3.05) is 12.4 Å². The molecule has 1 heterocycles. The molecule has 1 fully saturated rings. The largest absolute Gasteiger partial charge is 0.471 e. The summed E-state index contributed by atoms with van der Waals surface area (Å²) in [6, 6.07) is 5.90. The first-order chi connectivity index (χ1) is 14.7. The van der Waals surface area contributed by atoms with Gasteiger partial charge in [-0.3, -0.25) is 14.6 Å². The number of alkyl halides is 3. The molecule has 0 bridgehead atoms. The van der Waals surface area contributed by atoms with E-state index in [1.165, 1.54) is 7.11 Å². The zero-order chi connectivity index (χ0) is 23.0. The van der Waals surface area contributed by atoms with Crippen LogP contribution in [0.15, 0.2) is 41.0 Å². The Kier molecular flexibility index (Phi) is 8.97. The van der Waals surface area contributed by atoms with Crippen molar-refractivity contribution >= 4 is 34.0 Å². The van der Waals surface area contributed by atoms with Gasteiger partial charge in [0.1, 0.15) is 5.82 Å². The molecule has 1 aliphatic carbocycles. The monoisotopic (exact) mass is 504 g/mol. The molecule has 3 rings (SSSR count). The fraction of sp³-hybridized carbons (Fsp3) is 0.381. The number of hydrogen-bond acceptors (Lipinski definition) is 4. The van der Waals surface area contributed by atoms with E-state index in [-0.39, 0.29) is 23.4 Å². The SMILES string of the molecule is COC=O.O=C(Nc1ccc(C(F)(F)F)cc1F)C1CCCC(c2ccc(Br)cn2)C1. The summed E-state index contributed by atoms with van der Waals surface area (Å²) in [5, 5.41) is 2.43. The van der Waals surface area contributed by atoms with Crippen LogP contribution in [0.2, 0.25) is 0 Å². The molecule has 1 saturated carbocycles. The minimum Gasteiger partial charge on any atom is -0.471 e. The van der Waals surface area contributed by atoms with E-state index >= 15 is 0 Å². The number of pyridine rings is 1. The first-order valence-electron chi connectivity index (χ1n) is 9.41. The van der Waals surface area contributed by atoms with Crippen LogP contribution in [0.1, 0.15) is 42.9 Å². The number of rotatable bonds is 4. The lowest BCUT2D eigenvalue weighted by molar-refractivity contribution is -0.137. The molecule has 1 aromatic heterocycles. The van der Waals surface area contributed by atoms with Crippen molar-refractivity contribution in [1.29, 1.82) is 0 Å². The van der Waals surface area contributed by atoms with Gasteiger partial charge in [0.25, 0.3) is 6.47 Å².